The average molecular weight is 584 g/mol. The van der Waals surface area contributed by atoms with Crippen molar-refractivity contribution in [3.63, 3.8) is 0 Å². The number of alkyl halides is 9. The molecular weight excluding hydrogens is 563 g/mol. The second-order valence-corrected chi connectivity index (χ2v) is 9.56. The molecule has 0 aromatic heterocycles. The van der Waals surface area contributed by atoms with Crippen molar-refractivity contribution in [2.24, 2.45) is 5.92 Å². The quantitative estimate of drug-likeness (QED) is 0.359. The summed E-state index contributed by atoms with van der Waals surface area (Å²) in [5, 5.41) is 12.1. The number of carboxylic acid groups (broad SMARTS) is 1. The van der Waals surface area contributed by atoms with Crippen molar-refractivity contribution in [3.05, 3.63) is 64.2 Å². The molecule has 2 amide bonds. The molecule has 218 valence electrons. The summed E-state index contributed by atoms with van der Waals surface area (Å²) < 4.78 is 123. The number of carbonyl (C=O) groups excluding carboxylic acids is 1. The predicted molar refractivity (Wildman–Crippen MR) is 120 cm³/mol. The minimum atomic E-state index is -5.06. The Bertz CT molecular complexity index is 1250. The van der Waals surface area contributed by atoms with Crippen LogP contribution in [0, 0.1) is 5.92 Å². The molecule has 0 unspecified atom stereocenters. The van der Waals surface area contributed by atoms with E-state index in [1.807, 2.05) is 0 Å². The van der Waals surface area contributed by atoms with Crippen LogP contribution in [0.4, 0.5) is 54.8 Å². The summed E-state index contributed by atoms with van der Waals surface area (Å²) in [6.45, 7) is -0.639. The molecule has 6 nitrogen and oxygen atoms in total. The predicted octanol–water partition coefficient (Wildman–Crippen LogP) is 7.42. The summed E-state index contributed by atoms with van der Waals surface area (Å²) in [6.07, 6.45) is -16.7. The lowest BCUT2D eigenvalue weighted by atomic mass is 9.88. The van der Waals surface area contributed by atoms with Gasteiger partial charge in [-0.3, -0.25) is 4.90 Å². The van der Waals surface area contributed by atoms with E-state index in [1.165, 1.54) is 0 Å². The third-order valence-corrected chi connectivity index (χ3v) is 6.73. The first-order chi connectivity index (χ1) is 18.4. The maximum absolute atomic E-state index is 13.4. The van der Waals surface area contributed by atoms with E-state index in [0.29, 0.717) is 25.0 Å². The lowest BCUT2D eigenvalue weighted by Gasteiger charge is -2.40. The Labute approximate surface area is 220 Å². The molecule has 2 aromatic carbocycles. The van der Waals surface area contributed by atoms with Crippen LogP contribution in [-0.4, -0.2) is 29.9 Å². The lowest BCUT2D eigenvalue weighted by molar-refractivity contribution is -0.143. The number of ether oxygens (including phenoxy) is 1. The highest BCUT2D eigenvalue weighted by Crippen LogP contribution is 2.47. The maximum atomic E-state index is 13.4. The number of rotatable bonds is 5. The second-order valence-electron chi connectivity index (χ2n) is 9.56. The number of hydrogen-bond acceptors (Lipinski definition) is 3. The zero-order valence-corrected chi connectivity index (χ0v) is 20.3. The number of hydrogen-bond donors (Lipinski definition) is 2. The van der Waals surface area contributed by atoms with Crippen LogP contribution in [0.15, 0.2) is 36.4 Å². The van der Waals surface area contributed by atoms with E-state index in [2.05, 4.69) is 5.32 Å². The van der Waals surface area contributed by atoms with Crippen LogP contribution in [0.25, 0.3) is 0 Å². The fourth-order valence-electron chi connectivity index (χ4n) is 4.76. The van der Waals surface area contributed by atoms with Crippen molar-refractivity contribution in [2.45, 2.75) is 56.3 Å². The Morgan fingerprint density at radius 1 is 0.875 bits per heavy atom. The first kappa shape index (κ1) is 29.3. The van der Waals surface area contributed by atoms with E-state index < -0.39 is 78.1 Å². The molecule has 1 aliphatic heterocycles. The van der Waals surface area contributed by atoms with Crippen LogP contribution < -0.4 is 10.2 Å². The van der Waals surface area contributed by atoms with E-state index in [4.69, 9.17) is 4.74 Å². The van der Waals surface area contributed by atoms with Gasteiger partial charge in [-0.1, -0.05) is 0 Å². The van der Waals surface area contributed by atoms with Gasteiger partial charge in [0.2, 0.25) is 0 Å². The zero-order chi connectivity index (χ0) is 29.6. The van der Waals surface area contributed by atoms with Crippen LogP contribution in [0.2, 0.25) is 0 Å². The highest BCUT2D eigenvalue weighted by atomic mass is 19.4. The van der Waals surface area contributed by atoms with Crippen molar-refractivity contribution in [1.82, 2.24) is 5.32 Å². The Kier molecular flexibility index (Phi) is 7.62. The average Bonchev–Trinajstić information content (AvgIpc) is 3.67. The van der Waals surface area contributed by atoms with Crippen molar-refractivity contribution < 1.29 is 58.9 Å². The summed E-state index contributed by atoms with van der Waals surface area (Å²) in [4.78, 5) is 25.5. The highest BCUT2D eigenvalue weighted by Gasteiger charge is 2.45. The van der Waals surface area contributed by atoms with E-state index >= 15 is 0 Å². The molecule has 2 aromatic rings. The van der Waals surface area contributed by atoms with Gasteiger partial charge in [-0.05, 0) is 72.7 Å². The van der Waals surface area contributed by atoms with Crippen LogP contribution in [-0.2, 0) is 29.7 Å². The summed E-state index contributed by atoms with van der Waals surface area (Å²) >= 11 is 0. The Hall–Kier alpha value is -3.65. The fraction of sp³-hybridized carbons (Fsp3) is 0.440. The van der Waals surface area contributed by atoms with Gasteiger partial charge >= 0.3 is 30.7 Å². The minimum Gasteiger partial charge on any atom is -0.465 e. The molecule has 4 rings (SSSR count). The molecule has 1 aliphatic carbocycles. The Morgan fingerprint density at radius 3 is 1.95 bits per heavy atom. The van der Waals surface area contributed by atoms with Crippen molar-refractivity contribution in [1.29, 1.82) is 0 Å². The second kappa shape index (κ2) is 10.4. The van der Waals surface area contributed by atoms with Crippen molar-refractivity contribution in [2.75, 3.05) is 11.5 Å². The molecule has 0 spiro atoms. The number of fused-ring (bicyclic) bond motifs is 1. The Morgan fingerprint density at radius 2 is 1.45 bits per heavy atom. The highest BCUT2D eigenvalue weighted by molar-refractivity contribution is 5.89. The van der Waals surface area contributed by atoms with Crippen LogP contribution in [0.1, 0.15) is 53.1 Å². The van der Waals surface area contributed by atoms with Gasteiger partial charge in [0.1, 0.15) is 0 Å². The zero-order valence-electron chi connectivity index (χ0n) is 20.3. The lowest BCUT2D eigenvalue weighted by Crippen LogP contribution is -2.48. The number of nitrogens with zero attached hydrogens (tertiary/aromatic N) is 1. The van der Waals surface area contributed by atoms with Crippen LogP contribution >= 0.6 is 0 Å². The van der Waals surface area contributed by atoms with Crippen LogP contribution in [0.5, 0.6) is 0 Å². The van der Waals surface area contributed by atoms with Crippen molar-refractivity contribution >= 4 is 17.9 Å². The third-order valence-electron chi connectivity index (χ3n) is 6.73. The summed E-state index contributed by atoms with van der Waals surface area (Å²) in [5.41, 5.74) is -4.72. The molecule has 15 heteroatoms. The fourth-order valence-corrected chi connectivity index (χ4v) is 4.76. The summed E-state index contributed by atoms with van der Waals surface area (Å²) in [5.74, 6) is -0.0735. The van der Waals surface area contributed by atoms with Crippen LogP contribution in [0.3, 0.4) is 0 Å². The first-order valence-corrected chi connectivity index (χ1v) is 11.9. The summed E-state index contributed by atoms with van der Waals surface area (Å²) in [6, 6.07) is 1.66. The molecule has 1 saturated carbocycles. The van der Waals surface area contributed by atoms with Gasteiger partial charge in [0.25, 0.3) is 0 Å². The van der Waals surface area contributed by atoms with E-state index in [-0.39, 0.29) is 29.7 Å². The maximum Gasteiger partial charge on any atom is 0.416 e. The smallest absolute Gasteiger partial charge is 0.416 e. The molecule has 2 N–H and O–H groups in total. The number of nitrogens with one attached hydrogen (secondary N) is 1. The molecular formula is C25H21F9N2O4. The standard InChI is InChI=1S/C25H21F9N2O4/c26-23(27,28)14-3-4-19-17(10-14)18(11-20(13-1-2-13)36(19)22(38)39)35-21(37)40-6-5-12-7-15(24(29,30)31)9-16(8-12)25(32,33)34/h3-4,7-10,13,18,20H,1-2,5-6,11H2,(H,35,37)(H,38,39)/t18-,20-/m0/s1. The molecule has 1 heterocycles. The van der Waals surface area contributed by atoms with Gasteiger partial charge < -0.3 is 15.2 Å². The normalized spacial score (nSPS) is 19.7. The van der Waals surface area contributed by atoms with Gasteiger partial charge in [-0.25, -0.2) is 9.59 Å². The van der Waals surface area contributed by atoms with Gasteiger partial charge in [0.05, 0.1) is 35.0 Å². The molecule has 0 saturated heterocycles. The molecule has 1 fully saturated rings. The monoisotopic (exact) mass is 584 g/mol. The number of carbonyl (C=O) groups is 2. The number of benzene rings is 2. The van der Waals surface area contributed by atoms with Gasteiger partial charge in [-0.15, -0.1) is 0 Å². The van der Waals surface area contributed by atoms with Gasteiger partial charge in [0, 0.05) is 12.5 Å². The van der Waals surface area contributed by atoms with Crippen molar-refractivity contribution in [3.8, 4) is 0 Å². The molecule has 2 aliphatic rings. The largest absolute Gasteiger partial charge is 0.465 e. The number of halogens is 9. The number of amides is 2. The third kappa shape index (κ3) is 6.55. The topological polar surface area (TPSA) is 78.9 Å². The minimum absolute atomic E-state index is 0.0382. The number of alkyl carbamates (subject to hydrolysis) is 1. The molecule has 0 radical (unpaired) electrons. The van der Waals surface area contributed by atoms with Gasteiger partial charge in [0.15, 0.2) is 0 Å². The SMILES string of the molecule is O=C(N[C@H]1C[C@@H](C2CC2)N(C(=O)O)c2ccc(C(F)(F)F)cc21)OCCc1cc(C(F)(F)F)cc(C(F)(F)F)c1. The summed E-state index contributed by atoms with van der Waals surface area (Å²) in [7, 11) is 0. The first-order valence-electron chi connectivity index (χ1n) is 11.9. The van der Waals surface area contributed by atoms with E-state index in [1.54, 1.807) is 0 Å². The van der Waals surface area contributed by atoms with Gasteiger partial charge in [-0.2, -0.15) is 39.5 Å². The molecule has 2 atom stereocenters. The molecule has 0 bridgehead atoms. The Balaban J connectivity index is 1.51. The molecule has 40 heavy (non-hydrogen) atoms. The van der Waals surface area contributed by atoms with E-state index in [9.17, 15) is 54.2 Å². The number of anilines is 1. The van der Waals surface area contributed by atoms with E-state index in [0.717, 1.165) is 23.1 Å².